The summed E-state index contributed by atoms with van der Waals surface area (Å²) < 4.78 is 0. The predicted octanol–water partition coefficient (Wildman–Crippen LogP) is 6.22. The highest BCUT2D eigenvalue weighted by Gasteiger charge is 2.23. The number of carbonyl (C=O) groups is 1. The number of carbonyl (C=O) groups excluding carboxylic acids is 1. The number of nitrogens with zero attached hydrogens (tertiary/aromatic N) is 4. The lowest BCUT2D eigenvalue weighted by atomic mass is 10.0. The van der Waals surface area contributed by atoms with E-state index >= 15 is 0 Å². The highest BCUT2D eigenvalue weighted by molar-refractivity contribution is 5.80. The Hall–Kier alpha value is -3.21. The first-order valence-electron chi connectivity index (χ1n) is 12.9. The monoisotopic (exact) mass is 470 g/mol. The Balaban J connectivity index is 1.54. The zero-order valence-corrected chi connectivity index (χ0v) is 21.7. The minimum Gasteiger partial charge on any atom is -0.355 e. The molecule has 3 aromatic rings. The van der Waals surface area contributed by atoms with Gasteiger partial charge in [0, 0.05) is 44.7 Å². The highest BCUT2D eigenvalue weighted by Crippen LogP contribution is 2.35. The van der Waals surface area contributed by atoms with Crippen LogP contribution in [-0.4, -0.2) is 48.0 Å². The van der Waals surface area contributed by atoms with Gasteiger partial charge in [0.15, 0.2) is 5.82 Å². The van der Waals surface area contributed by atoms with Crippen LogP contribution < -0.4 is 4.90 Å². The van der Waals surface area contributed by atoms with Gasteiger partial charge in [-0.3, -0.25) is 4.79 Å². The van der Waals surface area contributed by atoms with E-state index in [-0.39, 0.29) is 5.91 Å². The van der Waals surface area contributed by atoms with Gasteiger partial charge in [0.25, 0.3) is 0 Å². The number of aryl methyl sites for hydroxylation is 3. The molecule has 1 amide bonds. The smallest absolute Gasteiger partial charge is 0.222 e. The van der Waals surface area contributed by atoms with Crippen molar-refractivity contribution in [2.24, 2.45) is 0 Å². The zero-order valence-electron chi connectivity index (χ0n) is 21.7. The molecule has 1 aromatic heterocycles. The van der Waals surface area contributed by atoms with Crippen molar-refractivity contribution in [2.75, 3.05) is 32.1 Å². The van der Waals surface area contributed by atoms with Crippen LogP contribution in [0.2, 0.25) is 0 Å². The lowest BCUT2D eigenvalue weighted by Gasteiger charge is -2.30. The Morgan fingerprint density at radius 1 is 0.829 bits per heavy atom. The molecule has 5 heteroatoms. The van der Waals surface area contributed by atoms with Crippen molar-refractivity contribution in [3.63, 3.8) is 0 Å². The Morgan fingerprint density at radius 2 is 1.40 bits per heavy atom. The van der Waals surface area contributed by atoms with Crippen LogP contribution in [0.1, 0.15) is 55.3 Å². The molecular weight excluding hydrogens is 432 g/mol. The summed E-state index contributed by atoms with van der Waals surface area (Å²) >= 11 is 0. The van der Waals surface area contributed by atoms with Gasteiger partial charge >= 0.3 is 0 Å². The second-order valence-electron chi connectivity index (χ2n) is 9.97. The first-order valence-corrected chi connectivity index (χ1v) is 12.9. The molecule has 0 aliphatic carbocycles. The van der Waals surface area contributed by atoms with Crippen LogP contribution in [0.25, 0.3) is 22.5 Å². The summed E-state index contributed by atoms with van der Waals surface area (Å²) in [4.78, 5) is 26.4. The van der Waals surface area contributed by atoms with Gasteiger partial charge in [-0.05, 0) is 39.5 Å². The molecule has 2 heterocycles. The third-order valence-corrected chi connectivity index (χ3v) is 6.81. The molecule has 0 saturated heterocycles. The first kappa shape index (κ1) is 24.9. The van der Waals surface area contributed by atoms with E-state index in [1.807, 2.05) is 14.1 Å². The molecule has 1 aliphatic rings. The fourth-order valence-electron chi connectivity index (χ4n) is 4.62. The maximum Gasteiger partial charge on any atom is 0.222 e. The summed E-state index contributed by atoms with van der Waals surface area (Å²) in [6, 6.07) is 17.2. The number of anilines is 1. The molecule has 0 saturated carbocycles. The second kappa shape index (κ2) is 11.5. The second-order valence-corrected chi connectivity index (χ2v) is 9.97. The third kappa shape index (κ3) is 6.27. The SMILES string of the molecule is Cc1ccc(-c2nc3c(nc2-c2ccc(C)cc2)N(CCCCCCC(=O)N(C)C)CCC3)cc1. The molecule has 0 N–H and O–H groups in total. The predicted molar refractivity (Wildman–Crippen MR) is 145 cm³/mol. The van der Waals surface area contributed by atoms with Gasteiger partial charge < -0.3 is 9.80 Å². The van der Waals surface area contributed by atoms with Crippen molar-refractivity contribution in [2.45, 2.75) is 58.8 Å². The normalized spacial score (nSPS) is 13.0. The van der Waals surface area contributed by atoms with Gasteiger partial charge in [-0.1, -0.05) is 72.5 Å². The van der Waals surface area contributed by atoms with Crippen molar-refractivity contribution in [3.8, 4) is 22.5 Å². The number of hydrogen-bond donors (Lipinski definition) is 0. The lowest BCUT2D eigenvalue weighted by Crippen LogP contribution is -2.32. The number of fused-ring (bicyclic) bond motifs is 1. The van der Waals surface area contributed by atoms with E-state index in [0.717, 1.165) is 85.6 Å². The largest absolute Gasteiger partial charge is 0.355 e. The van der Waals surface area contributed by atoms with Gasteiger partial charge in [-0.15, -0.1) is 0 Å². The molecule has 0 unspecified atom stereocenters. The number of unbranched alkanes of at least 4 members (excludes halogenated alkanes) is 3. The highest BCUT2D eigenvalue weighted by atomic mass is 16.2. The topological polar surface area (TPSA) is 49.3 Å². The molecule has 0 atom stereocenters. The van der Waals surface area contributed by atoms with Gasteiger partial charge in [-0.25, -0.2) is 9.97 Å². The average molecular weight is 471 g/mol. The van der Waals surface area contributed by atoms with Crippen molar-refractivity contribution in [1.29, 1.82) is 0 Å². The van der Waals surface area contributed by atoms with E-state index in [1.165, 1.54) is 11.1 Å². The van der Waals surface area contributed by atoms with E-state index in [1.54, 1.807) is 4.90 Å². The maximum atomic E-state index is 11.8. The number of rotatable bonds is 9. The molecule has 4 rings (SSSR count). The van der Waals surface area contributed by atoms with Crippen molar-refractivity contribution >= 4 is 11.7 Å². The molecular formula is C30H38N4O. The molecule has 2 aromatic carbocycles. The summed E-state index contributed by atoms with van der Waals surface area (Å²) in [5, 5.41) is 0. The molecule has 0 fully saturated rings. The van der Waals surface area contributed by atoms with Crippen LogP contribution in [0.3, 0.4) is 0 Å². The van der Waals surface area contributed by atoms with E-state index in [2.05, 4.69) is 67.3 Å². The summed E-state index contributed by atoms with van der Waals surface area (Å²) in [5.74, 6) is 1.27. The van der Waals surface area contributed by atoms with Crippen LogP contribution >= 0.6 is 0 Å². The molecule has 0 bridgehead atoms. The molecule has 35 heavy (non-hydrogen) atoms. The summed E-state index contributed by atoms with van der Waals surface area (Å²) in [6.45, 7) is 6.24. The Labute approximate surface area is 210 Å². The van der Waals surface area contributed by atoms with Crippen molar-refractivity contribution in [1.82, 2.24) is 14.9 Å². The molecule has 184 valence electrons. The Bertz CT molecular complexity index is 1140. The number of benzene rings is 2. The van der Waals surface area contributed by atoms with Crippen LogP contribution in [0.15, 0.2) is 48.5 Å². The number of amides is 1. The molecule has 0 spiro atoms. The maximum absolute atomic E-state index is 11.8. The first-order chi connectivity index (χ1) is 16.9. The van der Waals surface area contributed by atoms with Gasteiger partial charge in [0.2, 0.25) is 5.91 Å². The van der Waals surface area contributed by atoms with Crippen molar-refractivity contribution < 1.29 is 4.79 Å². The number of hydrogen-bond acceptors (Lipinski definition) is 4. The summed E-state index contributed by atoms with van der Waals surface area (Å²) in [5.41, 5.74) is 7.75. The minimum absolute atomic E-state index is 0.221. The molecule has 1 aliphatic heterocycles. The lowest BCUT2D eigenvalue weighted by molar-refractivity contribution is -0.128. The van der Waals surface area contributed by atoms with Gasteiger partial charge in [0.1, 0.15) is 0 Å². The Kier molecular flexibility index (Phi) is 8.17. The third-order valence-electron chi connectivity index (χ3n) is 6.81. The van der Waals surface area contributed by atoms with Crippen LogP contribution in [0, 0.1) is 13.8 Å². The quantitative estimate of drug-likeness (QED) is 0.348. The average Bonchev–Trinajstić information content (AvgIpc) is 2.86. The Morgan fingerprint density at radius 3 is 2.00 bits per heavy atom. The van der Waals surface area contributed by atoms with E-state index in [9.17, 15) is 4.79 Å². The van der Waals surface area contributed by atoms with E-state index in [0.29, 0.717) is 6.42 Å². The van der Waals surface area contributed by atoms with Gasteiger partial charge in [-0.2, -0.15) is 0 Å². The fraction of sp³-hybridized carbons (Fsp3) is 0.433. The molecule has 5 nitrogen and oxygen atoms in total. The molecule has 0 radical (unpaired) electrons. The number of aromatic nitrogens is 2. The minimum atomic E-state index is 0.221. The van der Waals surface area contributed by atoms with Crippen LogP contribution in [0.5, 0.6) is 0 Å². The zero-order chi connectivity index (χ0) is 24.8. The summed E-state index contributed by atoms with van der Waals surface area (Å²) in [6.07, 6.45) is 7.02. The summed E-state index contributed by atoms with van der Waals surface area (Å²) in [7, 11) is 3.65. The standard InChI is InChI=1S/C30H38N4O/c1-22-12-16-24(17-13-22)28-29(25-18-14-23(2)15-19-25)32-30-26(31-28)10-9-21-34(30)20-8-6-5-7-11-27(35)33(3)4/h12-19H,5-11,20-21H2,1-4H3. The fourth-order valence-corrected chi connectivity index (χ4v) is 4.62. The van der Waals surface area contributed by atoms with Crippen molar-refractivity contribution in [3.05, 3.63) is 65.4 Å². The van der Waals surface area contributed by atoms with E-state index in [4.69, 9.17) is 9.97 Å². The van der Waals surface area contributed by atoms with E-state index < -0.39 is 0 Å². The van der Waals surface area contributed by atoms with Crippen LogP contribution in [0.4, 0.5) is 5.82 Å². The van der Waals surface area contributed by atoms with Crippen LogP contribution in [-0.2, 0) is 11.2 Å². The van der Waals surface area contributed by atoms with Gasteiger partial charge in [0.05, 0.1) is 17.1 Å².